The molecule has 0 aromatic carbocycles. The molecule has 1 atom stereocenters. The third-order valence-electron chi connectivity index (χ3n) is 3.23. The molecule has 1 aliphatic heterocycles. The molecular formula is C14H22BrCl2N3. The number of nitrogens with zero attached hydrogens (tertiary/aromatic N) is 2. The smallest absolute Gasteiger partial charge is 0.0579 e. The van der Waals surface area contributed by atoms with E-state index >= 15 is 0 Å². The number of nitrogens with one attached hydrogen (secondary N) is 1. The van der Waals surface area contributed by atoms with Crippen LogP contribution in [0.4, 0.5) is 0 Å². The summed E-state index contributed by atoms with van der Waals surface area (Å²) in [5.41, 5.74) is 2.35. The first kappa shape index (κ1) is 19.9. The molecule has 0 aliphatic carbocycles. The average Bonchev–Trinajstić information content (AvgIpc) is 2.38. The minimum atomic E-state index is 0. The summed E-state index contributed by atoms with van der Waals surface area (Å²) in [7, 11) is 0. The molecule has 0 unspecified atom stereocenters. The van der Waals surface area contributed by atoms with Crippen LogP contribution in [0.2, 0.25) is 0 Å². The highest BCUT2D eigenvalue weighted by molar-refractivity contribution is 9.10. The van der Waals surface area contributed by atoms with Crippen LogP contribution in [0, 0.1) is 0 Å². The van der Waals surface area contributed by atoms with E-state index in [9.17, 15) is 0 Å². The molecule has 0 saturated carbocycles. The van der Waals surface area contributed by atoms with Gasteiger partial charge in [0.2, 0.25) is 0 Å². The van der Waals surface area contributed by atoms with Crippen LogP contribution in [0.15, 0.2) is 35.0 Å². The van der Waals surface area contributed by atoms with Crippen LogP contribution in [0.1, 0.15) is 25.1 Å². The van der Waals surface area contributed by atoms with E-state index in [0.717, 1.165) is 42.8 Å². The van der Waals surface area contributed by atoms with Gasteiger partial charge in [-0.15, -0.1) is 31.4 Å². The highest BCUT2D eigenvalue weighted by Gasteiger charge is 2.22. The summed E-state index contributed by atoms with van der Waals surface area (Å²) in [5, 5.41) is 3.39. The van der Waals surface area contributed by atoms with Crippen LogP contribution in [-0.4, -0.2) is 36.1 Å². The van der Waals surface area contributed by atoms with Crippen molar-refractivity contribution >= 4 is 40.7 Å². The molecule has 1 aromatic heterocycles. The van der Waals surface area contributed by atoms with Crippen molar-refractivity contribution in [3.8, 4) is 0 Å². The van der Waals surface area contributed by atoms with Gasteiger partial charge in [-0.3, -0.25) is 9.88 Å². The number of rotatable bonds is 4. The monoisotopic (exact) mass is 381 g/mol. The van der Waals surface area contributed by atoms with Gasteiger partial charge in [0.05, 0.1) is 11.7 Å². The number of halogens is 3. The van der Waals surface area contributed by atoms with Gasteiger partial charge in [0.25, 0.3) is 0 Å². The van der Waals surface area contributed by atoms with Crippen LogP contribution in [0.3, 0.4) is 0 Å². The van der Waals surface area contributed by atoms with Gasteiger partial charge < -0.3 is 5.32 Å². The molecule has 1 saturated heterocycles. The summed E-state index contributed by atoms with van der Waals surface area (Å²) in [5.74, 6) is 0. The molecule has 0 amide bonds. The predicted octanol–water partition coefficient (Wildman–Crippen LogP) is 3.60. The lowest BCUT2D eigenvalue weighted by molar-refractivity contribution is 0.169. The fourth-order valence-corrected chi connectivity index (χ4v) is 2.56. The van der Waals surface area contributed by atoms with E-state index in [1.54, 1.807) is 0 Å². The van der Waals surface area contributed by atoms with Crippen molar-refractivity contribution in [3.05, 3.63) is 40.6 Å². The molecular weight excluding hydrogens is 361 g/mol. The van der Waals surface area contributed by atoms with Crippen LogP contribution in [0.5, 0.6) is 0 Å². The Bertz CT molecular complexity index is 405. The van der Waals surface area contributed by atoms with Gasteiger partial charge >= 0.3 is 0 Å². The Morgan fingerprint density at radius 2 is 2.05 bits per heavy atom. The fourth-order valence-electron chi connectivity index (χ4n) is 2.33. The lowest BCUT2D eigenvalue weighted by Gasteiger charge is -2.34. The van der Waals surface area contributed by atoms with Crippen molar-refractivity contribution in [2.45, 2.75) is 19.4 Å². The van der Waals surface area contributed by atoms with Crippen molar-refractivity contribution in [2.24, 2.45) is 0 Å². The van der Waals surface area contributed by atoms with E-state index in [1.807, 2.05) is 6.20 Å². The quantitative estimate of drug-likeness (QED) is 0.806. The highest BCUT2D eigenvalue weighted by Crippen LogP contribution is 2.26. The second-order valence-corrected chi connectivity index (χ2v) is 5.78. The van der Waals surface area contributed by atoms with Crippen LogP contribution < -0.4 is 5.32 Å². The normalized spacial score (nSPS) is 16.7. The zero-order valence-corrected chi connectivity index (χ0v) is 14.9. The van der Waals surface area contributed by atoms with E-state index in [4.69, 9.17) is 0 Å². The van der Waals surface area contributed by atoms with Gasteiger partial charge in [-0.1, -0.05) is 5.57 Å². The number of hydrogen-bond donors (Lipinski definition) is 1. The second-order valence-electron chi connectivity index (χ2n) is 4.86. The molecule has 2 rings (SSSR count). The second kappa shape index (κ2) is 9.74. The summed E-state index contributed by atoms with van der Waals surface area (Å²) in [4.78, 5) is 7.06. The number of pyridine rings is 1. The summed E-state index contributed by atoms with van der Waals surface area (Å²) in [6.45, 7) is 10.4. The Hall–Kier alpha value is -0.130. The summed E-state index contributed by atoms with van der Waals surface area (Å²) >= 11 is 3.44. The SMILES string of the molecule is C=C(C)C[C@@H](c1ccc(Br)cn1)N1CCNCC1.Cl.Cl. The Morgan fingerprint density at radius 1 is 1.40 bits per heavy atom. The summed E-state index contributed by atoms with van der Waals surface area (Å²) in [6, 6.07) is 4.54. The number of aromatic nitrogens is 1. The van der Waals surface area contributed by atoms with Crippen molar-refractivity contribution in [2.75, 3.05) is 26.2 Å². The van der Waals surface area contributed by atoms with E-state index in [0.29, 0.717) is 6.04 Å². The lowest BCUT2D eigenvalue weighted by Crippen LogP contribution is -2.45. The van der Waals surface area contributed by atoms with Gasteiger partial charge in [-0.2, -0.15) is 0 Å². The molecule has 3 nitrogen and oxygen atoms in total. The standard InChI is InChI=1S/C14H20BrN3.2ClH/c1-11(2)9-14(18-7-5-16-6-8-18)13-4-3-12(15)10-17-13;;/h3-4,10,14,16H,1,5-9H2,2H3;2*1H/t14-;;/m0../s1. The van der Waals surface area contributed by atoms with E-state index in [-0.39, 0.29) is 24.8 Å². The molecule has 0 bridgehead atoms. The number of piperazine rings is 1. The fraction of sp³-hybridized carbons (Fsp3) is 0.500. The van der Waals surface area contributed by atoms with Crippen LogP contribution in [-0.2, 0) is 0 Å². The highest BCUT2D eigenvalue weighted by atomic mass is 79.9. The molecule has 6 heteroatoms. The van der Waals surface area contributed by atoms with Gasteiger partial charge in [0.15, 0.2) is 0 Å². The van der Waals surface area contributed by atoms with E-state index in [2.05, 4.69) is 56.8 Å². The molecule has 20 heavy (non-hydrogen) atoms. The molecule has 114 valence electrons. The third-order valence-corrected chi connectivity index (χ3v) is 3.69. The Labute approximate surface area is 142 Å². The first-order valence-electron chi connectivity index (χ1n) is 6.37. The van der Waals surface area contributed by atoms with Gasteiger partial charge in [0.1, 0.15) is 0 Å². The van der Waals surface area contributed by atoms with Gasteiger partial charge in [0, 0.05) is 36.8 Å². The van der Waals surface area contributed by atoms with Crippen molar-refractivity contribution in [1.82, 2.24) is 15.2 Å². The van der Waals surface area contributed by atoms with Crippen molar-refractivity contribution in [3.63, 3.8) is 0 Å². The maximum atomic E-state index is 4.56. The molecule has 0 radical (unpaired) electrons. The van der Waals surface area contributed by atoms with Crippen molar-refractivity contribution < 1.29 is 0 Å². The average molecular weight is 383 g/mol. The summed E-state index contributed by atoms with van der Waals surface area (Å²) in [6.07, 6.45) is 2.86. The van der Waals surface area contributed by atoms with E-state index < -0.39 is 0 Å². The first-order chi connectivity index (χ1) is 8.66. The topological polar surface area (TPSA) is 28.2 Å². The summed E-state index contributed by atoms with van der Waals surface area (Å²) < 4.78 is 1.03. The predicted molar refractivity (Wildman–Crippen MR) is 93.0 cm³/mol. The zero-order chi connectivity index (χ0) is 13.0. The molecule has 2 heterocycles. The van der Waals surface area contributed by atoms with Crippen molar-refractivity contribution in [1.29, 1.82) is 0 Å². The maximum absolute atomic E-state index is 4.56. The van der Waals surface area contributed by atoms with Gasteiger partial charge in [-0.05, 0) is 41.4 Å². The van der Waals surface area contributed by atoms with Gasteiger partial charge in [-0.25, -0.2) is 0 Å². The minimum absolute atomic E-state index is 0. The lowest BCUT2D eigenvalue weighted by atomic mass is 10.0. The Morgan fingerprint density at radius 3 is 2.55 bits per heavy atom. The molecule has 1 N–H and O–H groups in total. The molecule has 1 fully saturated rings. The third kappa shape index (κ3) is 5.70. The van der Waals surface area contributed by atoms with E-state index in [1.165, 1.54) is 5.57 Å². The Kier molecular flexibility index (Phi) is 9.68. The molecule has 0 spiro atoms. The maximum Gasteiger partial charge on any atom is 0.0579 e. The zero-order valence-electron chi connectivity index (χ0n) is 11.6. The molecule has 1 aliphatic rings. The van der Waals surface area contributed by atoms with Crippen LogP contribution in [0.25, 0.3) is 0 Å². The first-order valence-corrected chi connectivity index (χ1v) is 7.16. The Balaban J connectivity index is 0.00000180. The minimum Gasteiger partial charge on any atom is -0.314 e. The number of hydrogen-bond acceptors (Lipinski definition) is 3. The molecule has 1 aromatic rings. The van der Waals surface area contributed by atoms with Crippen LogP contribution >= 0.6 is 40.7 Å². The largest absolute Gasteiger partial charge is 0.314 e.